The fraction of sp³-hybridized carbons (Fsp3) is 0.875. The molecule has 21 heavy (non-hydrogen) atoms. The van der Waals surface area contributed by atoms with Crippen LogP contribution in [0.4, 0.5) is 0 Å². The van der Waals surface area contributed by atoms with E-state index in [9.17, 15) is 9.59 Å². The van der Waals surface area contributed by atoms with Crippen molar-refractivity contribution in [1.82, 2.24) is 10.2 Å². The molecule has 3 unspecified atom stereocenters. The average molecular weight is 295 g/mol. The first kappa shape index (κ1) is 16.3. The number of hydrogen-bond donors (Lipinski definition) is 2. The van der Waals surface area contributed by atoms with Crippen molar-refractivity contribution in [3.05, 3.63) is 0 Å². The quantitative estimate of drug-likeness (QED) is 0.820. The Hall–Kier alpha value is -1.10. The van der Waals surface area contributed by atoms with Gasteiger partial charge >= 0.3 is 0 Å². The smallest absolute Gasteiger partial charge is 0.245 e. The highest BCUT2D eigenvalue weighted by atomic mass is 16.2. The zero-order valence-corrected chi connectivity index (χ0v) is 13.3. The van der Waals surface area contributed by atoms with Crippen LogP contribution in [0.25, 0.3) is 0 Å². The van der Waals surface area contributed by atoms with Gasteiger partial charge in [0.1, 0.15) is 6.04 Å². The molecule has 2 amide bonds. The van der Waals surface area contributed by atoms with Crippen LogP contribution in [-0.2, 0) is 9.59 Å². The van der Waals surface area contributed by atoms with Crippen LogP contribution in [0.1, 0.15) is 52.4 Å². The van der Waals surface area contributed by atoms with E-state index in [1.54, 1.807) is 0 Å². The lowest BCUT2D eigenvalue weighted by atomic mass is 9.90. The molecule has 0 aromatic heterocycles. The Morgan fingerprint density at radius 2 is 1.76 bits per heavy atom. The van der Waals surface area contributed by atoms with Gasteiger partial charge in [0.15, 0.2) is 0 Å². The number of hydrogen-bond acceptors (Lipinski definition) is 3. The first-order valence-corrected chi connectivity index (χ1v) is 8.30. The summed E-state index contributed by atoms with van der Waals surface area (Å²) in [5.41, 5.74) is 6.00. The average Bonchev–Trinajstić information content (AvgIpc) is 2.98. The maximum atomic E-state index is 12.9. The minimum Gasteiger partial charge on any atom is -0.344 e. The van der Waals surface area contributed by atoms with E-state index in [4.69, 9.17) is 5.73 Å². The van der Waals surface area contributed by atoms with E-state index in [-0.39, 0.29) is 23.9 Å². The lowest BCUT2D eigenvalue weighted by Crippen LogP contribution is -2.54. The monoisotopic (exact) mass is 295 g/mol. The summed E-state index contributed by atoms with van der Waals surface area (Å²) in [5, 5.41) is 2.90. The standard InChI is InChI=1S/C16H29N3O2/c1-11(17)14-8-5-9-19(10-14)16(21)15(18-12(2)20)13-6-3-4-7-13/h11,13-15H,3-10,17H2,1-2H3,(H,18,20). The Morgan fingerprint density at radius 1 is 1.14 bits per heavy atom. The Labute approximate surface area is 127 Å². The van der Waals surface area contributed by atoms with Gasteiger partial charge in [-0.25, -0.2) is 0 Å². The number of carbonyl (C=O) groups is 2. The van der Waals surface area contributed by atoms with E-state index >= 15 is 0 Å². The lowest BCUT2D eigenvalue weighted by Gasteiger charge is -2.37. The van der Waals surface area contributed by atoms with Gasteiger partial charge in [0, 0.05) is 26.1 Å². The minimum atomic E-state index is -0.336. The molecule has 0 aromatic rings. The van der Waals surface area contributed by atoms with Crippen molar-refractivity contribution in [2.24, 2.45) is 17.6 Å². The number of nitrogens with zero attached hydrogens (tertiary/aromatic N) is 1. The van der Waals surface area contributed by atoms with Crippen LogP contribution in [0.15, 0.2) is 0 Å². The highest BCUT2D eigenvalue weighted by Crippen LogP contribution is 2.29. The summed E-state index contributed by atoms with van der Waals surface area (Å²) >= 11 is 0. The summed E-state index contributed by atoms with van der Waals surface area (Å²) in [6.45, 7) is 5.04. The van der Waals surface area contributed by atoms with Gasteiger partial charge in [0.25, 0.3) is 0 Å². The normalized spacial score (nSPS) is 26.4. The Balaban J connectivity index is 2.04. The summed E-state index contributed by atoms with van der Waals surface area (Å²) in [4.78, 5) is 26.3. The van der Waals surface area contributed by atoms with Crippen molar-refractivity contribution in [1.29, 1.82) is 0 Å². The number of likely N-dealkylation sites (tertiary alicyclic amines) is 1. The Morgan fingerprint density at radius 3 is 2.33 bits per heavy atom. The Bertz CT molecular complexity index is 378. The topological polar surface area (TPSA) is 75.4 Å². The number of nitrogens with one attached hydrogen (secondary N) is 1. The fourth-order valence-corrected chi connectivity index (χ4v) is 3.73. The zero-order chi connectivity index (χ0) is 15.4. The van der Waals surface area contributed by atoms with Crippen LogP contribution in [0, 0.1) is 11.8 Å². The van der Waals surface area contributed by atoms with Crippen LogP contribution in [0.5, 0.6) is 0 Å². The van der Waals surface area contributed by atoms with Gasteiger partial charge in [0.2, 0.25) is 11.8 Å². The molecule has 0 spiro atoms. The van der Waals surface area contributed by atoms with Gasteiger partial charge in [-0.3, -0.25) is 9.59 Å². The maximum Gasteiger partial charge on any atom is 0.245 e. The molecule has 0 bridgehead atoms. The van der Waals surface area contributed by atoms with Crippen molar-refractivity contribution >= 4 is 11.8 Å². The molecule has 2 rings (SSSR count). The molecule has 120 valence electrons. The summed E-state index contributed by atoms with van der Waals surface area (Å²) in [7, 11) is 0. The van der Waals surface area contributed by atoms with E-state index in [2.05, 4.69) is 5.32 Å². The molecule has 2 aliphatic rings. The van der Waals surface area contributed by atoms with Gasteiger partial charge in [-0.15, -0.1) is 0 Å². The van der Waals surface area contributed by atoms with E-state index < -0.39 is 0 Å². The largest absolute Gasteiger partial charge is 0.344 e. The van der Waals surface area contributed by atoms with Crippen LogP contribution in [0.2, 0.25) is 0 Å². The van der Waals surface area contributed by atoms with Gasteiger partial charge in [-0.05, 0) is 44.4 Å². The molecule has 1 aliphatic carbocycles. The van der Waals surface area contributed by atoms with Crippen molar-refractivity contribution in [3.8, 4) is 0 Å². The molecule has 0 aromatic carbocycles. The van der Waals surface area contributed by atoms with E-state index in [1.165, 1.54) is 6.92 Å². The van der Waals surface area contributed by atoms with Crippen LogP contribution < -0.4 is 11.1 Å². The highest BCUT2D eigenvalue weighted by Gasteiger charge is 2.36. The third-order valence-corrected chi connectivity index (χ3v) is 5.01. The minimum absolute atomic E-state index is 0.0995. The SMILES string of the molecule is CC(=O)NC(C(=O)N1CCCC(C(C)N)C1)C1CCCC1. The highest BCUT2D eigenvalue weighted by molar-refractivity contribution is 5.87. The van der Waals surface area contributed by atoms with Crippen LogP contribution in [0.3, 0.4) is 0 Å². The molecular formula is C16H29N3O2. The molecule has 0 radical (unpaired) electrons. The molecule has 5 nitrogen and oxygen atoms in total. The summed E-state index contributed by atoms with van der Waals surface area (Å²) in [6.07, 6.45) is 6.51. The van der Waals surface area contributed by atoms with Crippen molar-refractivity contribution < 1.29 is 9.59 Å². The van der Waals surface area contributed by atoms with Gasteiger partial charge in [-0.2, -0.15) is 0 Å². The summed E-state index contributed by atoms with van der Waals surface area (Å²) < 4.78 is 0. The number of amides is 2. The van der Waals surface area contributed by atoms with Crippen molar-refractivity contribution in [2.75, 3.05) is 13.1 Å². The first-order valence-electron chi connectivity index (χ1n) is 8.30. The summed E-state index contributed by atoms with van der Waals surface area (Å²) in [6, 6.07) is -0.219. The predicted molar refractivity (Wildman–Crippen MR) is 82.5 cm³/mol. The zero-order valence-electron chi connectivity index (χ0n) is 13.3. The molecule has 3 atom stereocenters. The van der Waals surface area contributed by atoms with E-state index in [0.29, 0.717) is 11.8 Å². The van der Waals surface area contributed by atoms with Crippen LogP contribution in [-0.4, -0.2) is 41.9 Å². The lowest BCUT2D eigenvalue weighted by molar-refractivity contribution is -0.139. The first-order chi connectivity index (χ1) is 9.99. The predicted octanol–water partition coefficient (Wildman–Crippen LogP) is 1.27. The van der Waals surface area contributed by atoms with Gasteiger partial charge < -0.3 is 16.0 Å². The second-order valence-electron chi connectivity index (χ2n) is 6.77. The van der Waals surface area contributed by atoms with E-state index in [0.717, 1.165) is 51.6 Å². The Kier molecular flexibility index (Phi) is 5.62. The number of piperidine rings is 1. The molecular weight excluding hydrogens is 266 g/mol. The van der Waals surface area contributed by atoms with Gasteiger partial charge in [-0.1, -0.05) is 12.8 Å². The number of rotatable bonds is 4. The molecule has 1 saturated carbocycles. The molecule has 5 heteroatoms. The third kappa shape index (κ3) is 4.19. The number of carbonyl (C=O) groups excluding carboxylic acids is 2. The third-order valence-electron chi connectivity index (χ3n) is 5.01. The number of nitrogens with two attached hydrogens (primary N) is 1. The molecule has 1 saturated heterocycles. The molecule has 1 heterocycles. The fourth-order valence-electron chi connectivity index (χ4n) is 3.73. The maximum absolute atomic E-state index is 12.9. The van der Waals surface area contributed by atoms with Crippen molar-refractivity contribution in [2.45, 2.75) is 64.5 Å². The molecule has 1 aliphatic heterocycles. The van der Waals surface area contributed by atoms with Crippen LogP contribution >= 0.6 is 0 Å². The van der Waals surface area contributed by atoms with E-state index in [1.807, 2.05) is 11.8 Å². The van der Waals surface area contributed by atoms with Crippen molar-refractivity contribution in [3.63, 3.8) is 0 Å². The second kappa shape index (κ2) is 7.25. The molecule has 3 N–H and O–H groups in total. The van der Waals surface area contributed by atoms with Gasteiger partial charge in [0.05, 0.1) is 0 Å². The second-order valence-corrected chi connectivity index (χ2v) is 6.77. The summed E-state index contributed by atoms with van der Waals surface area (Å²) in [5.74, 6) is 0.671. The molecule has 2 fully saturated rings.